The highest BCUT2D eigenvalue weighted by molar-refractivity contribution is 5.76. The molecule has 0 bridgehead atoms. The van der Waals surface area contributed by atoms with Crippen LogP contribution in [0.15, 0.2) is 47.1 Å². The summed E-state index contributed by atoms with van der Waals surface area (Å²) < 4.78 is 5.53. The van der Waals surface area contributed by atoms with Crippen LogP contribution in [0.25, 0.3) is 5.43 Å². The highest BCUT2D eigenvalue weighted by Gasteiger charge is 2.32. The van der Waals surface area contributed by atoms with Crippen LogP contribution in [-0.4, -0.2) is 40.0 Å². The third-order valence-electron chi connectivity index (χ3n) is 4.58. The average molecular weight is 403 g/mol. The van der Waals surface area contributed by atoms with Crippen molar-refractivity contribution in [3.05, 3.63) is 67.7 Å². The molecule has 0 amide bonds. The lowest BCUT2D eigenvalue weighted by atomic mass is 9.79. The molecule has 2 rings (SSSR count). The summed E-state index contributed by atoms with van der Waals surface area (Å²) >= 11 is 0. The van der Waals surface area contributed by atoms with Crippen molar-refractivity contribution in [3.8, 4) is 0 Å². The summed E-state index contributed by atoms with van der Waals surface area (Å²) in [6.07, 6.45) is 8.57. The molecule has 2 unspecified atom stereocenters. The first-order valence-electron chi connectivity index (χ1n) is 8.94. The Kier molecular flexibility index (Phi) is 7.18. The van der Waals surface area contributed by atoms with Crippen molar-refractivity contribution in [1.29, 1.82) is 0 Å². The maximum Gasteiger partial charge on any atom is 0.276 e. The number of non-ortho nitro benzene ring substituents is 1. The highest BCUT2D eigenvalue weighted by Crippen LogP contribution is 2.35. The quantitative estimate of drug-likeness (QED) is 0.299. The molecule has 0 heterocycles. The fraction of sp³-hybridized carbons (Fsp3) is 0.421. The van der Waals surface area contributed by atoms with E-state index in [1.54, 1.807) is 27.0 Å². The molecule has 2 atom stereocenters. The molecule has 0 aliphatic heterocycles. The molecule has 1 aliphatic carbocycles. The highest BCUT2D eigenvalue weighted by atomic mass is 16.6. The zero-order valence-electron chi connectivity index (χ0n) is 16.4. The lowest BCUT2D eigenvalue weighted by molar-refractivity contribution is -0.393. The second kappa shape index (κ2) is 9.39. The third-order valence-corrected chi connectivity index (χ3v) is 4.58. The van der Waals surface area contributed by atoms with Gasteiger partial charge in [0.2, 0.25) is 0 Å². The van der Waals surface area contributed by atoms with Crippen molar-refractivity contribution in [2.45, 2.75) is 38.4 Å². The number of nitrogens with zero attached hydrogens (tertiary/aromatic N) is 4. The van der Waals surface area contributed by atoms with Crippen LogP contribution in [0.5, 0.6) is 0 Å². The van der Waals surface area contributed by atoms with Crippen LogP contribution in [0.1, 0.15) is 26.7 Å². The average Bonchev–Trinajstić information content (AvgIpc) is 2.66. The Labute approximate surface area is 167 Å². The topological polar surface area (TPSA) is 142 Å². The molecule has 0 aromatic heterocycles. The first kappa shape index (κ1) is 22.2. The largest absolute Gasteiger partial charge is 0.570 e. The van der Waals surface area contributed by atoms with Crippen LogP contribution < -0.4 is 0 Å². The lowest BCUT2D eigenvalue weighted by Crippen LogP contribution is -2.35. The number of ether oxygens (including phenoxy) is 1. The van der Waals surface area contributed by atoms with E-state index in [2.05, 4.69) is 10.5 Å². The second-order valence-electron chi connectivity index (χ2n) is 7.04. The van der Waals surface area contributed by atoms with E-state index in [4.69, 9.17) is 4.74 Å². The molecular formula is C19H23N4O6-. The second-order valence-corrected chi connectivity index (χ2v) is 7.04. The number of nitro benzene ring substituents is 2. The number of allylic oxidation sites excluding steroid dienone is 2. The van der Waals surface area contributed by atoms with E-state index in [1.807, 2.05) is 12.2 Å². The third kappa shape index (κ3) is 5.69. The van der Waals surface area contributed by atoms with E-state index in [-0.39, 0.29) is 17.7 Å². The molecule has 1 aromatic carbocycles. The SMILES string of the molecule is COC1CCC=CC1/C(=C/C=N/[N-]c1ccc([N+](=O)[O-])cc1[N+](=O)[O-])C(C)(C)O. The van der Waals surface area contributed by atoms with Gasteiger partial charge in [0.1, 0.15) is 0 Å². The number of benzene rings is 1. The Morgan fingerprint density at radius 2 is 2.07 bits per heavy atom. The van der Waals surface area contributed by atoms with Crippen molar-refractivity contribution in [2.75, 3.05) is 7.11 Å². The van der Waals surface area contributed by atoms with E-state index in [1.165, 1.54) is 12.3 Å². The standard InChI is InChI=1S/C19H23N4O6/c1-19(2,24)15(14-6-4-5-7-18(14)29-3)10-11-20-21-16-9-8-13(22(25)26)12-17(16)23(27)28/h4,6,8-12,14,18,24H,5,7H2,1-3H3/q-1/b15-10-,20-11+. The minimum absolute atomic E-state index is 0.0845. The zero-order valence-corrected chi connectivity index (χ0v) is 16.4. The van der Waals surface area contributed by atoms with Crippen molar-refractivity contribution in [2.24, 2.45) is 11.0 Å². The van der Waals surface area contributed by atoms with Gasteiger partial charge < -0.3 is 20.4 Å². The molecule has 1 aliphatic rings. The van der Waals surface area contributed by atoms with Crippen molar-refractivity contribution in [3.63, 3.8) is 0 Å². The van der Waals surface area contributed by atoms with Gasteiger partial charge >= 0.3 is 0 Å². The van der Waals surface area contributed by atoms with Crippen molar-refractivity contribution >= 4 is 23.3 Å². The van der Waals surface area contributed by atoms with Crippen LogP contribution >= 0.6 is 0 Å². The maximum atomic E-state index is 11.1. The molecule has 0 radical (unpaired) electrons. The minimum Gasteiger partial charge on any atom is -0.570 e. The van der Waals surface area contributed by atoms with Gasteiger partial charge in [0.25, 0.3) is 11.4 Å². The molecule has 1 N–H and O–H groups in total. The minimum atomic E-state index is -1.14. The van der Waals surface area contributed by atoms with Gasteiger partial charge in [-0.2, -0.15) is 0 Å². The van der Waals surface area contributed by atoms with Gasteiger partial charge in [-0.05, 0) is 44.0 Å². The molecule has 10 heteroatoms. The van der Waals surface area contributed by atoms with Crippen LogP contribution in [0.3, 0.4) is 0 Å². The molecular weight excluding hydrogens is 380 g/mol. The first-order valence-corrected chi connectivity index (χ1v) is 8.94. The Morgan fingerprint density at radius 3 is 2.66 bits per heavy atom. The smallest absolute Gasteiger partial charge is 0.276 e. The summed E-state index contributed by atoms with van der Waals surface area (Å²) in [5.74, 6) is -0.145. The Bertz CT molecular complexity index is 857. The van der Waals surface area contributed by atoms with Crippen LogP contribution in [0, 0.1) is 26.1 Å². The maximum absolute atomic E-state index is 11.1. The van der Waals surface area contributed by atoms with Crippen LogP contribution in [0.2, 0.25) is 0 Å². The summed E-state index contributed by atoms with van der Waals surface area (Å²) in [7, 11) is 1.62. The molecule has 1 aromatic rings. The molecule has 10 nitrogen and oxygen atoms in total. The number of hydrogen-bond donors (Lipinski definition) is 1. The van der Waals surface area contributed by atoms with E-state index in [0.29, 0.717) is 5.57 Å². The van der Waals surface area contributed by atoms with Crippen LogP contribution in [0.4, 0.5) is 17.1 Å². The van der Waals surface area contributed by atoms with E-state index in [9.17, 15) is 25.3 Å². The summed E-state index contributed by atoms with van der Waals surface area (Å²) in [6.45, 7) is 3.31. The lowest BCUT2D eigenvalue weighted by Gasteiger charge is -2.34. The number of rotatable bonds is 8. The van der Waals surface area contributed by atoms with Gasteiger partial charge in [-0.25, -0.2) is 0 Å². The number of aliphatic hydroxyl groups is 1. The fourth-order valence-corrected chi connectivity index (χ4v) is 3.16. The van der Waals surface area contributed by atoms with Gasteiger partial charge in [0.15, 0.2) is 0 Å². The Balaban J connectivity index is 2.26. The van der Waals surface area contributed by atoms with Crippen molar-refractivity contribution < 1.29 is 19.7 Å². The molecule has 29 heavy (non-hydrogen) atoms. The summed E-state index contributed by atoms with van der Waals surface area (Å²) in [4.78, 5) is 20.5. The Hall–Kier alpha value is -3.11. The summed E-state index contributed by atoms with van der Waals surface area (Å²) in [5.41, 5.74) is 2.29. The monoisotopic (exact) mass is 403 g/mol. The predicted molar refractivity (Wildman–Crippen MR) is 108 cm³/mol. The Morgan fingerprint density at radius 1 is 1.34 bits per heavy atom. The number of hydrogen-bond acceptors (Lipinski definition) is 7. The van der Waals surface area contributed by atoms with E-state index in [0.717, 1.165) is 25.0 Å². The molecule has 0 saturated heterocycles. The molecule has 0 fully saturated rings. The van der Waals surface area contributed by atoms with Gasteiger partial charge in [-0.3, -0.25) is 20.2 Å². The predicted octanol–water partition coefficient (Wildman–Crippen LogP) is 4.17. The number of methoxy groups -OCH3 is 1. The van der Waals surface area contributed by atoms with Gasteiger partial charge in [0.05, 0.1) is 27.6 Å². The fourth-order valence-electron chi connectivity index (χ4n) is 3.16. The summed E-state index contributed by atoms with van der Waals surface area (Å²) in [6, 6.07) is 3.12. The first-order chi connectivity index (χ1) is 13.6. The molecule has 156 valence electrons. The molecule has 0 spiro atoms. The van der Waals surface area contributed by atoms with Crippen molar-refractivity contribution in [1.82, 2.24) is 0 Å². The molecule has 0 saturated carbocycles. The van der Waals surface area contributed by atoms with E-state index < -0.39 is 26.8 Å². The number of nitro groups is 2. The zero-order chi connectivity index (χ0) is 21.6. The van der Waals surface area contributed by atoms with Gasteiger partial charge in [0, 0.05) is 25.3 Å². The van der Waals surface area contributed by atoms with Gasteiger partial charge in [-0.15, -0.1) is 0 Å². The normalized spacial score (nSPS) is 20.1. The van der Waals surface area contributed by atoms with Gasteiger partial charge in [-0.1, -0.05) is 18.2 Å². The van der Waals surface area contributed by atoms with Crippen LogP contribution in [-0.2, 0) is 4.74 Å². The summed E-state index contributed by atoms with van der Waals surface area (Å²) in [5, 5.41) is 36.3. The van der Waals surface area contributed by atoms with E-state index >= 15 is 0 Å².